The number of Topliss-reactive ketones (excluding diaryl/α,β-unsaturated/α-hetero) is 1. The molecular weight excluding hydrogens is 360 g/mol. The monoisotopic (exact) mass is 382 g/mol. The molecule has 0 amide bonds. The Hall–Kier alpha value is -2.40. The first-order chi connectivity index (χ1) is 12.7. The maximum Gasteiger partial charge on any atom is 0.245 e. The van der Waals surface area contributed by atoms with Crippen molar-refractivity contribution in [1.29, 1.82) is 0 Å². The third-order valence-electron chi connectivity index (χ3n) is 5.09. The molecule has 1 N–H and O–H groups in total. The van der Waals surface area contributed by atoms with Gasteiger partial charge < -0.3 is 0 Å². The van der Waals surface area contributed by atoms with E-state index in [9.17, 15) is 4.79 Å². The van der Waals surface area contributed by atoms with Crippen molar-refractivity contribution in [2.24, 2.45) is 5.41 Å². The molecule has 0 saturated carbocycles. The number of hydrazine groups is 1. The number of hydrogen-bond donors (Lipinski definition) is 1. The predicted octanol–water partition coefficient (Wildman–Crippen LogP) is 4.46. The van der Waals surface area contributed by atoms with Crippen LogP contribution in [0.15, 0.2) is 41.6 Å². The largest absolute Gasteiger partial charge is 0.299 e. The molecule has 0 fully saturated rings. The second-order valence-corrected chi connectivity index (χ2v) is 8.60. The van der Waals surface area contributed by atoms with Crippen LogP contribution >= 0.6 is 11.6 Å². The molecule has 0 saturated heterocycles. The van der Waals surface area contributed by atoms with E-state index in [2.05, 4.69) is 29.2 Å². The van der Waals surface area contributed by atoms with Crippen molar-refractivity contribution < 1.29 is 4.79 Å². The summed E-state index contributed by atoms with van der Waals surface area (Å²) in [5.41, 5.74) is 7.74. The van der Waals surface area contributed by atoms with Crippen LogP contribution < -0.4 is 10.4 Å². The Morgan fingerprint density at radius 1 is 1.15 bits per heavy atom. The maximum atomic E-state index is 13.1. The van der Waals surface area contributed by atoms with Crippen LogP contribution in [0.4, 0.5) is 5.95 Å². The van der Waals surface area contributed by atoms with Gasteiger partial charge in [0.05, 0.1) is 0 Å². The minimum Gasteiger partial charge on any atom is -0.299 e. The summed E-state index contributed by atoms with van der Waals surface area (Å²) >= 11 is 6.53. The summed E-state index contributed by atoms with van der Waals surface area (Å²) in [7, 11) is 0. The standard InChI is InChI=1S/C21H23ClN4O/c1-12-9-13(2)24-20(23-12)26-19(14-7-5-6-8-15(14)22)18-16(25-26)10-21(3,4)11-17(18)27/h5-9,19,25H,10-11H2,1-4H3/t19-/m1/s1. The number of nitrogens with zero attached hydrogens (tertiary/aromatic N) is 3. The molecule has 1 aliphatic carbocycles. The van der Waals surface area contributed by atoms with E-state index in [1.807, 2.05) is 49.2 Å². The lowest BCUT2D eigenvalue weighted by atomic mass is 9.74. The van der Waals surface area contributed by atoms with Crippen LogP contribution in [0.25, 0.3) is 0 Å². The number of ketones is 1. The first kappa shape index (κ1) is 18.0. The fourth-order valence-electron chi connectivity index (χ4n) is 4.06. The molecule has 4 rings (SSSR count). The van der Waals surface area contributed by atoms with Gasteiger partial charge in [-0.2, -0.15) is 0 Å². The summed E-state index contributed by atoms with van der Waals surface area (Å²) in [6.45, 7) is 8.13. The molecule has 1 atom stereocenters. The Labute approximate surface area is 164 Å². The SMILES string of the molecule is Cc1cc(C)nc(N2NC3=C(C(=O)CC(C)(C)C3)[C@H]2c2ccccc2Cl)n1. The van der Waals surface area contributed by atoms with E-state index in [1.165, 1.54) is 0 Å². The van der Waals surface area contributed by atoms with Gasteiger partial charge in [-0.1, -0.05) is 43.6 Å². The van der Waals surface area contributed by atoms with E-state index in [0.717, 1.165) is 34.6 Å². The lowest BCUT2D eigenvalue weighted by Crippen LogP contribution is -2.36. The Morgan fingerprint density at radius 3 is 2.48 bits per heavy atom. The number of rotatable bonds is 2. The highest BCUT2D eigenvalue weighted by molar-refractivity contribution is 6.31. The lowest BCUT2D eigenvalue weighted by Gasteiger charge is -2.29. The molecule has 1 aliphatic heterocycles. The molecule has 0 unspecified atom stereocenters. The van der Waals surface area contributed by atoms with E-state index in [1.54, 1.807) is 0 Å². The Balaban J connectivity index is 1.88. The molecule has 0 radical (unpaired) electrons. The molecule has 1 aromatic heterocycles. The molecule has 27 heavy (non-hydrogen) atoms. The van der Waals surface area contributed by atoms with Crippen molar-refractivity contribution in [1.82, 2.24) is 15.4 Å². The predicted molar refractivity (Wildman–Crippen MR) is 106 cm³/mol. The van der Waals surface area contributed by atoms with Crippen molar-refractivity contribution >= 4 is 23.3 Å². The van der Waals surface area contributed by atoms with Crippen molar-refractivity contribution in [3.63, 3.8) is 0 Å². The zero-order valence-electron chi connectivity index (χ0n) is 16.0. The van der Waals surface area contributed by atoms with Gasteiger partial charge in [0.15, 0.2) is 5.78 Å². The molecule has 0 spiro atoms. The van der Waals surface area contributed by atoms with Gasteiger partial charge in [0, 0.05) is 34.1 Å². The van der Waals surface area contributed by atoms with Crippen molar-refractivity contribution in [3.8, 4) is 0 Å². The molecule has 140 valence electrons. The topological polar surface area (TPSA) is 58.1 Å². The van der Waals surface area contributed by atoms with Gasteiger partial charge in [-0.25, -0.2) is 15.0 Å². The number of anilines is 1. The number of carbonyl (C=O) groups is 1. The summed E-state index contributed by atoms with van der Waals surface area (Å²) in [5, 5.41) is 2.52. The number of allylic oxidation sites excluding steroid dienone is 1. The molecule has 6 heteroatoms. The first-order valence-electron chi connectivity index (χ1n) is 9.14. The normalized spacial score (nSPS) is 21.3. The number of halogens is 1. The average Bonchev–Trinajstić information content (AvgIpc) is 2.92. The van der Waals surface area contributed by atoms with Crippen LogP contribution in [-0.2, 0) is 4.79 Å². The van der Waals surface area contributed by atoms with Crippen LogP contribution in [0.1, 0.15) is 49.7 Å². The van der Waals surface area contributed by atoms with Crippen LogP contribution in [0, 0.1) is 19.3 Å². The van der Waals surface area contributed by atoms with Crippen molar-refractivity contribution in [3.05, 3.63) is 63.6 Å². The number of hydrogen-bond acceptors (Lipinski definition) is 5. The number of aryl methyl sites for hydroxylation is 2. The number of carbonyl (C=O) groups excluding carboxylic acids is 1. The summed E-state index contributed by atoms with van der Waals surface area (Å²) in [6.07, 6.45) is 1.33. The van der Waals surface area contributed by atoms with Crippen LogP contribution in [0.5, 0.6) is 0 Å². The summed E-state index contributed by atoms with van der Waals surface area (Å²) in [4.78, 5) is 22.3. The van der Waals surface area contributed by atoms with Crippen LogP contribution in [0.2, 0.25) is 5.02 Å². The van der Waals surface area contributed by atoms with Gasteiger partial charge in [-0.15, -0.1) is 0 Å². The van der Waals surface area contributed by atoms with E-state index in [-0.39, 0.29) is 17.2 Å². The number of benzene rings is 1. The molecule has 5 nitrogen and oxygen atoms in total. The number of aromatic nitrogens is 2. The van der Waals surface area contributed by atoms with E-state index in [4.69, 9.17) is 11.6 Å². The zero-order chi connectivity index (χ0) is 19.3. The lowest BCUT2D eigenvalue weighted by molar-refractivity contribution is -0.118. The molecule has 2 aliphatic rings. The van der Waals surface area contributed by atoms with Gasteiger partial charge in [0.25, 0.3) is 0 Å². The van der Waals surface area contributed by atoms with Gasteiger partial charge in [0.1, 0.15) is 6.04 Å². The fraction of sp³-hybridized carbons (Fsp3) is 0.381. The highest BCUT2D eigenvalue weighted by atomic mass is 35.5. The van der Waals surface area contributed by atoms with E-state index >= 15 is 0 Å². The quantitative estimate of drug-likeness (QED) is 0.831. The first-order valence-corrected chi connectivity index (χ1v) is 9.52. The average molecular weight is 383 g/mol. The molecule has 1 aromatic carbocycles. The molecule has 2 heterocycles. The second kappa shape index (κ2) is 6.34. The third-order valence-corrected chi connectivity index (χ3v) is 5.44. The molecule has 2 aromatic rings. The van der Waals surface area contributed by atoms with Crippen molar-refractivity contribution in [2.45, 2.75) is 46.6 Å². The van der Waals surface area contributed by atoms with E-state index in [0.29, 0.717) is 17.4 Å². The summed E-state index contributed by atoms with van der Waals surface area (Å²) in [6, 6.07) is 9.26. The van der Waals surface area contributed by atoms with Gasteiger partial charge in [-0.05, 0) is 43.4 Å². The fourth-order valence-corrected chi connectivity index (χ4v) is 4.30. The Kier molecular flexibility index (Phi) is 4.22. The van der Waals surface area contributed by atoms with Crippen LogP contribution in [0.3, 0.4) is 0 Å². The third kappa shape index (κ3) is 3.21. The Bertz CT molecular complexity index is 946. The molecular formula is C21H23ClN4O. The van der Waals surface area contributed by atoms with Crippen LogP contribution in [-0.4, -0.2) is 15.8 Å². The highest BCUT2D eigenvalue weighted by Gasteiger charge is 2.45. The van der Waals surface area contributed by atoms with Gasteiger partial charge >= 0.3 is 0 Å². The highest BCUT2D eigenvalue weighted by Crippen LogP contribution is 2.47. The minimum absolute atomic E-state index is 0.0761. The Morgan fingerprint density at radius 2 is 1.81 bits per heavy atom. The maximum absolute atomic E-state index is 13.1. The molecule has 0 bridgehead atoms. The minimum atomic E-state index is -0.335. The van der Waals surface area contributed by atoms with E-state index < -0.39 is 0 Å². The number of nitrogens with one attached hydrogen (secondary N) is 1. The van der Waals surface area contributed by atoms with Gasteiger partial charge in [-0.3, -0.25) is 10.2 Å². The zero-order valence-corrected chi connectivity index (χ0v) is 16.8. The van der Waals surface area contributed by atoms with Crippen molar-refractivity contribution in [2.75, 3.05) is 5.01 Å². The summed E-state index contributed by atoms with van der Waals surface area (Å²) < 4.78 is 0. The second-order valence-electron chi connectivity index (χ2n) is 8.19. The smallest absolute Gasteiger partial charge is 0.245 e. The summed E-state index contributed by atoms with van der Waals surface area (Å²) in [5.74, 6) is 0.711. The van der Waals surface area contributed by atoms with Gasteiger partial charge in [0.2, 0.25) is 5.95 Å².